The lowest BCUT2D eigenvalue weighted by Crippen LogP contribution is -2.09. The smallest absolute Gasteiger partial charge is 0.321 e. The number of hydrogen-bond acceptors (Lipinski definition) is 5. The molecule has 5 heteroatoms. The van der Waals surface area contributed by atoms with Crippen molar-refractivity contribution >= 4 is 11.7 Å². The SMILES string of the molecule is CC(C)c1noc(NCCCNc2ccccc2)n1. The van der Waals surface area contributed by atoms with Crippen molar-refractivity contribution in [3.05, 3.63) is 36.2 Å². The van der Waals surface area contributed by atoms with E-state index in [4.69, 9.17) is 4.52 Å². The molecule has 0 spiro atoms. The van der Waals surface area contributed by atoms with Gasteiger partial charge in [-0.3, -0.25) is 0 Å². The summed E-state index contributed by atoms with van der Waals surface area (Å²) in [6.07, 6.45) is 0.980. The number of nitrogens with one attached hydrogen (secondary N) is 2. The van der Waals surface area contributed by atoms with Gasteiger partial charge in [-0.2, -0.15) is 4.98 Å². The maximum Gasteiger partial charge on any atom is 0.321 e. The summed E-state index contributed by atoms with van der Waals surface area (Å²) >= 11 is 0. The first-order valence-electron chi connectivity index (χ1n) is 6.62. The molecule has 2 aromatic rings. The van der Waals surface area contributed by atoms with Gasteiger partial charge >= 0.3 is 6.01 Å². The third-order valence-electron chi connectivity index (χ3n) is 2.69. The standard InChI is InChI=1S/C14H20N4O/c1-11(2)13-17-14(19-18-13)16-10-6-9-15-12-7-4-3-5-8-12/h3-5,7-8,11,15H,6,9-10H2,1-2H3,(H,16,17,18). The molecule has 0 saturated carbocycles. The molecule has 2 N–H and O–H groups in total. The van der Waals surface area contributed by atoms with Crippen LogP contribution in [-0.4, -0.2) is 23.2 Å². The van der Waals surface area contributed by atoms with Gasteiger partial charge in [0, 0.05) is 24.7 Å². The predicted octanol–water partition coefficient (Wildman–Crippen LogP) is 3.11. The average molecular weight is 260 g/mol. The lowest BCUT2D eigenvalue weighted by atomic mass is 10.2. The van der Waals surface area contributed by atoms with Crippen molar-refractivity contribution in [1.29, 1.82) is 0 Å². The molecule has 0 aliphatic rings. The topological polar surface area (TPSA) is 63.0 Å². The minimum absolute atomic E-state index is 0.291. The predicted molar refractivity (Wildman–Crippen MR) is 76.4 cm³/mol. The first kappa shape index (κ1) is 13.4. The van der Waals surface area contributed by atoms with Crippen LogP contribution in [0.1, 0.15) is 32.0 Å². The Hall–Kier alpha value is -2.04. The fourth-order valence-corrected chi connectivity index (χ4v) is 1.61. The Morgan fingerprint density at radius 3 is 2.53 bits per heavy atom. The highest BCUT2D eigenvalue weighted by Gasteiger charge is 2.08. The highest BCUT2D eigenvalue weighted by Crippen LogP contribution is 2.12. The summed E-state index contributed by atoms with van der Waals surface area (Å²) in [6.45, 7) is 5.79. The van der Waals surface area contributed by atoms with Crippen LogP contribution in [0.5, 0.6) is 0 Å². The second-order valence-electron chi connectivity index (χ2n) is 4.69. The molecule has 1 heterocycles. The van der Waals surface area contributed by atoms with Gasteiger partial charge in [-0.25, -0.2) is 0 Å². The number of benzene rings is 1. The first-order chi connectivity index (χ1) is 9.25. The highest BCUT2D eigenvalue weighted by molar-refractivity contribution is 5.42. The molecule has 2 rings (SSSR count). The fourth-order valence-electron chi connectivity index (χ4n) is 1.61. The number of hydrogen-bond donors (Lipinski definition) is 2. The summed E-state index contributed by atoms with van der Waals surface area (Å²) in [7, 11) is 0. The molecule has 19 heavy (non-hydrogen) atoms. The normalized spacial score (nSPS) is 10.7. The third kappa shape index (κ3) is 4.28. The van der Waals surface area contributed by atoms with Crippen LogP contribution in [0.3, 0.4) is 0 Å². The van der Waals surface area contributed by atoms with Crippen LogP contribution in [0.4, 0.5) is 11.7 Å². The minimum Gasteiger partial charge on any atom is -0.385 e. The Morgan fingerprint density at radius 2 is 1.84 bits per heavy atom. The second-order valence-corrected chi connectivity index (χ2v) is 4.69. The van der Waals surface area contributed by atoms with Gasteiger partial charge in [0.1, 0.15) is 0 Å². The first-order valence-corrected chi connectivity index (χ1v) is 6.62. The highest BCUT2D eigenvalue weighted by atomic mass is 16.5. The molecular formula is C14H20N4O. The Morgan fingerprint density at radius 1 is 1.11 bits per heavy atom. The van der Waals surface area contributed by atoms with Crippen LogP contribution >= 0.6 is 0 Å². The summed E-state index contributed by atoms with van der Waals surface area (Å²) in [5.74, 6) is 1.03. The zero-order chi connectivity index (χ0) is 13.5. The minimum atomic E-state index is 0.291. The third-order valence-corrected chi connectivity index (χ3v) is 2.69. The maximum absolute atomic E-state index is 5.10. The molecule has 0 radical (unpaired) electrons. The molecule has 5 nitrogen and oxygen atoms in total. The van der Waals surface area contributed by atoms with E-state index >= 15 is 0 Å². The number of rotatable bonds is 7. The Labute approximate surface area is 113 Å². The van der Waals surface area contributed by atoms with Gasteiger partial charge in [0.15, 0.2) is 5.82 Å². The van der Waals surface area contributed by atoms with Gasteiger partial charge in [-0.1, -0.05) is 37.2 Å². The number of nitrogens with zero attached hydrogens (tertiary/aromatic N) is 2. The van der Waals surface area contributed by atoms with E-state index < -0.39 is 0 Å². The van der Waals surface area contributed by atoms with E-state index in [9.17, 15) is 0 Å². The van der Waals surface area contributed by atoms with Crippen LogP contribution in [-0.2, 0) is 0 Å². The largest absolute Gasteiger partial charge is 0.385 e. The van der Waals surface area contributed by atoms with Crippen molar-refractivity contribution < 1.29 is 4.52 Å². The Balaban J connectivity index is 1.64. The molecule has 0 atom stereocenters. The lowest BCUT2D eigenvalue weighted by molar-refractivity contribution is 0.419. The number of anilines is 2. The van der Waals surface area contributed by atoms with Crippen molar-refractivity contribution in [3.63, 3.8) is 0 Å². The van der Waals surface area contributed by atoms with Crippen LogP contribution in [0.15, 0.2) is 34.9 Å². The van der Waals surface area contributed by atoms with Gasteiger partial charge in [0.25, 0.3) is 0 Å². The van der Waals surface area contributed by atoms with E-state index in [-0.39, 0.29) is 0 Å². The summed E-state index contributed by atoms with van der Waals surface area (Å²) < 4.78 is 5.10. The molecular weight excluding hydrogens is 240 g/mol. The van der Waals surface area contributed by atoms with Gasteiger partial charge in [0.05, 0.1) is 0 Å². The zero-order valence-corrected chi connectivity index (χ0v) is 11.4. The van der Waals surface area contributed by atoms with Gasteiger partial charge in [0.2, 0.25) is 0 Å². The molecule has 0 bridgehead atoms. The number of para-hydroxylation sites is 1. The second kappa shape index (κ2) is 6.78. The molecule has 0 saturated heterocycles. The quantitative estimate of drug-likeness (QED) is 0.749. The summed E-state index contributed by atoms with van der Waals surface area (Å²) in [5, 5.41) is 10.4. The Bertz CT molecular complexity index is 481. The van der Waals surface area contributed by atoms with E-state index in [0.717, 1.165) is 31.0 Å². The molecule has 0 aliphatic carbocycles. The summed E-state index contributed by atoms with van der Waals surface area (Å²) in [6, 6.07) is 10.7. The molecule has 0 amide bonds. The summed E-state index contributed by atoms with van der Waals surface area (Å²) in [4.78, 5) is 4.26. The van der Waals surface area contributed by atoms with Crippen molar-refractivity contribution in [3.8, 4) is 0 Å². The van der Waals surface area contributed by atoms with Gasteiger partial charge in [-0.05, 0) is 18.6 Å². The van der Waals surface area contributed by atoms with Crippen molar-refractivity contribution in [2.75, 3.05) is 23.7 Å². The van der Waals surface area contributed by atoms with Gasteiger partial charge < -0.3 is 15.2 Å². The van der Waals surface area contributed by atoms with Crippen LogP contribution in [0.25, 0.3) is 0 Å². The summed E-state index contributed by atoms with van der Waals surface area (Å²) in [5.41, 5.74) is 1.14. The van der Waals surface area contributed by atoms with Crippen molar-refractivity contribution in [1.82, 2.24) is 10.1 Å². The van der Waals surface area contributed by atoms with E-state index in [1.54, 1.807) is 0 Å². The van der Waals surface area contributed by atoms with Crippen molar-refractivity contribution in [2.24, 2.45) is 0 Å². The van der Waals surface area contributed by atoms with Crippen LogP contribution in [0, 0.1) is 0 Å². The molecule has 1 aromatic heterocycles. The number of aromatic nitrogens is 2. The molecule has 102 valence electrons. The van der Waals surface area contributed by atoms with Crippen LogP contribution in [0.2, 0.25) is 0 Å². The zero-order valence-electron chi connectivity index (χ0n) is 11.4. The molecule has 1 aromatic carbocycles. The fraction of sp³-hybridized carbons (Fsp3) is 0.429. The average Bonchev–Trinajstić information content (AvgIpc) is 2.89. The van der Waals surface area contributed by atoms with E-state index in [1.807, 2.05) is 32.0 Å². The van der Waals surface area contributed by atoms with Crippen molar-refractivity contribution in [2.45, 2.75) is 26.2 Å². The molecule has 0 unspecified atom stereocenters. The lowest BCUT2D eigenvalue weighted by Gasteiger charge is -2.05. The molecule has 0 aliphatic heterocycles. The monoisotopic (exact) mass is 260 g/mol. The maximum atomic E-state index is 5.10. The Kier molecular flexibility index (Phi) is 4.78. The van der Waals surface area contributed by atoms with Crippen LogP contribution < -0.4 is 10.6 Å². The van der Waals surface area contributed by atoms with E-state index in [0.29, 0.717) is 11.9 Å². The van der Waals surface area contributed by atoms with E-state index in [2.05, 4.69) is 32.9 Å². The van der Waals surface area contributed by atoms with Gasteiger partial charge in [-0.15, -0.1) is 0 Å². The molecule has 0 fully saturated rings. The van der Waals surface area contributed by atoms with E-state index in [1.165, 1.54) is 0 Å².